The van der Waals surface area contributed by atoms with Gasteiger partial charge >= 0.3 is 0 Å². The summed E-state index contributed by atoms with van der Waals surface area (Å²) in [6.07, 6.45) is 0. The summed E-state index contributed by atoms with van der Waals surface area (Å²) in [5, 5.41) is 3.67. The number of nitrogens with one attached hydrogen (secondary N) is 1. The minimum absolute atomic E-state index is 0.268. The van der Waals surface area contributed by atoms with Gasteiger partial charge in [-0.05, 0) is 43.3 Å². The lowest BCUT2D eigenvalue weighted by Gasteiger charge is -2.09. The van der Waals surface area contributed by atoms with Crippen molar-refractivity contribution in [3.63, 3.8) is 0 Å². The molecule has 0 fully saturated rings. The third-order valence-electron chi connectivity index (χ3n) is 2.58. The SMILES string of the molecule is CCOc1cccc(C(=O)Nc2cc(Cl)ccc2Cl)c1. The number of ether oxygens (including phenoxy) is 1. The predicted octanol–water partition coefficient (Wildman–Crippen LogP) is 4.64. The molecule has 0 heterocycles. The summed E-state index contributed by atoms with van der Waals surface area (Å²) in [6, 6.07) is 11.8. The van der Waals surface area contributed by atoms with Crippen molar-refractivity contribution in [3.8, 4) is 5.75 Å². The topological polar surface area (TPSA) is 38.3 Å². The number of hydrogen-bond acceptors (Lipinski definition) is 2. The van der Waals surface area contributed by atoms with Gasteiger partial charge in [0.2, 0.25) is 0 Å². The van der Waals surface area contributed by atoms with E-state index in [1.165, 1.54) is 0 Å². The van der Waals surface area contributed by atoms with Crippen molar-refractivity contribution in [2.75, 3.05) is 11.9 Å². The van der Waals surface area contributed by atoms with Gasteiger partial charge in [0.15, 0.2) is 0 Å². The number of carbonyl (C=O) groups is 1. The van der Waals surface area contributed by atoms with Gasteiger partial charge in [-0.2, -0.15) is 0 Å². The highest BCUT2D eigenvalue weighted by molar-refractivity contribution is 6.35. The van der Waals surface area contributed by atoms with E-state index < -0.39 is 0 Å². The van der Waals surface area contributed by atoms with Gasteiger partial charge in [-0.15, -0.1) is 0 Å². The van der Waals surface area contributed by atoms with E-state index in [9.17, 15) is 4.79 Å². The zero-order valence-electron chi connectivity index (χ0n) is 10.8. The molecule has 0 radical (unpaired) electrons. The lowest BCUT2D eigenvalue weighted by molar-refractivity contribution is 0.102. The van der Waals surface area contributed by atoms with E-state index >= 15 is 0 Å². The average Bonchev–Trinajstić information content (AvgIpc) is 2.43. The Kier molecular flexibility index (Phi) is 4.88. The number of benzene rings is 2. The summed E-state index contributed by atoms with van der Waals surface area (Å²) in [6.45, 7) is 2.43. The van der Waals surface area contributed by atoms with Crippen molar-refractivity contribution in [2.45, 2.75) is 6.92 Å². The van der Waals surface area contributed by atoms with E-state index in [0.717, 1.165) is 0 Å². The second kappa shape index (κ2) is 6.64. The van der Waals surface area contributed by atoms with E-state index in [2.05, 4.69) is 5.32 Å². The molecule has 0 saturated heterocycles. The lowest BCUT2D eigenvalue weighted by Crippen LogP contribution is -2.12. The molecule has 2 rings (SSSR count). The van der Waals surface area contributed by atoms with Gasteiger partial charge in [0.25, 0.3) is 5.91 Å². The Balaban J connectivity index is 2.19. The van der Waals surface area contributed by atoms with Crippen molar-refractivity contribution in [2.24, 2.45) is 0 Å². The molecule has 2 aromatic rings. The Bertz CT molecular complexity index is 629. The van der Waals surface area contributed by atoms with Crippen LogP contribution in [0.15, 0.2) is 42.5 Å². The first-order valence-electron chi connectivity index (χ1n) is 6.09. The molecule has 3 nitrogen and oxygen atoms in total. The van der Waals surface area contributed by atoms with Crippen LogP contribution in [0.1, 0.15) is 17.3 Å². The van der Waals surface area contributed by atoms with E-state index in [-0.39, 0.29) is 5.91 Å². The van der Waals surface area contributed by atoms with Gasteiger partial charge < -0.3 is 10.1 Å². The Morgan fingerprint density at radius 2 is 2.00 bits per heavy atom. The van der Waals surface area contributed by atoms with E-state index in [1.807, 2.05) is 6.92 Å². The molecule has 20 heavy (non-hydrogen) atoms. The third kappa shape index (κ3) is 3.65. The summed E-state index contributed by atoms with van der Waals surface area (Å²) >= 11 is 11.9. The fourth-order valence-corrected chi connectivity index (χ4v) is 2.02. The summed E-state index contributed by atoms with van der Waals surface area (Å²) in [4.78, 5) is 12.2. The quantitative estimate of drug-likeness (QED) is 0.893. The van der Waals surface area contributed by atoms with Crippen LogP contribution in [0.25, 0.3) is 0 Å². The summed E-state index contributed by atoms with van der Waals surface area (Å²) in [7, 11) is 0. The highest BCUT2D eigenvalue weighted by Gasteiger charge is 2.10. The molecule has 2 aromatic carbocycles. The maximum atomic E-state index is 12.2. The van der Waals surface area contributed by atoms with Crippen molar-refractivity contribution in [3.05, 3.63) is 58.1 Å². The molecule has 1 amide bonds. The molecule has 104 valence electrons. The average molecular weight is 310 g/mol. The number of hydrogen-bond donors (Lipinski definition) is 1. The fourth-order valence-electron chi connectivity index (χ4n) is 1.68. The van der Waals surface area contributed by atoms with Crippen LogP contribution >= 0.6 is 23.2 Å². The number of amides is 1. The van der Waals surface area contributed by atoms with Gasteiger partial charge in [-0.1, -0.05) is 29.3 Å². The highest BCUT2D eigenvalue weighted by Crippen LogP contribution is 2.26. The van der Waals surface area contributed by atoms with Crippen LogP contribution in [0.5, 0.6) is 5.75 Å². The Morgan fingerprint density at radius 3 is 2.75 bits per heavy atom. The van der Waals surface area contributed by atoms with Crippen LogP contribution in [0.4, 0.5) is 5.69 Å². The molecule has 0 spiro atoms. The van der Waals surface area contributed by atoms with Crippen LogP contribution in [0.2, 0.25) is 10.0 Å². The maximum Gasteiger partial charge on any atom is 0.255 e. The zero-order valence-corrected chi connectivity index (χ0v) is 12.3. The van der Waals surface area contributed by atoms with Crippen molar-refractivity contribution in [1.29, 1.82) is 0 Å². The number of halogens is 2. The second-order valence-corrected chi connectivity index (χ2v) is 4.88. The van der Waals surface area contributed by atoms with Crippen LogP contribution in [-0.4, -0.2) is 12.5 Å². The van der Waals surface area contributed by atoms with Crippen LogP contribution in [0.3, 0.4) is 0 Å². The maximum absolute atomic E-state index is 12.2. The van der Waals surface area contributed by atoms with Crippen molar-refractivity contribution in [1.82, 2.24) is 0 Å². The molecule has 0 aromatic heterocycles. The molecular weight excluding hydrogens is 297 g/mol. The number of rotatable bonds is 4. The van der Waals surface area contributed by atoms with Crippen LogP contribution in [0, 0.1) is 0 Å². The molecule has 0 aliphatic rings. The van der Waals surface area contributed by atoms with Gasteiger partial charge in [0.1, 0.15) is 5.75 Å². The van der Waals surface area contributed by atoms with Gasteiger partial charge in [0, 0.05) is 10.6 Å². The van der Waals surface area contributed by atoms with Crippen LogP contribution < -0.4 is 10.1 Å². The molecule has 0 bridgehead atoms. The molecule has 0 aliphatic heterocycles. The molecule has 0 aliphatic carbocycles. The third-order valence-corrected chi connectivity index (χ3v) is 3.15. The van der Waals surface area contributed by atoms with Gasteiger partial charge in [-0.25, -0.2) is 0 Å². The fraction of sp³-hybridized carbons (Fsp3) is 0.133. The standard InChI is InChI=1S/C15H13Cl2NO2/c1-2-20-12-5-3-4-10(8-12)15(19)18-14-9-11(16)6-7-13(14)17/h3-9H,2H2,1H3,(H,18,19). The van der Waals surface area contributed by atoms with Gasteiger partial charge in [0.05, 0.1) is 17.3 Å². The minimum atomic E-state index is -0.268. The zero-order chi connectivity index (χ0) is 14.5. The van der Waals surface area contributed by atoms with E-state index in [0.29, 0.717) is 33.7 Å². The summed E-state index contributed by atoms with van der Waals surface area (Å²) < 4.78 is 5.36. The molecular formula is C15H13Cl2NO2. The number of anilines is 1. The summed E-state index contributed by atoms with van der Waals surface area (Å²) in [5.41, 5.74) is 0.970. The minimum Gasteiger partial charge on any atom is -0.494 e. The molecule has 5 heteroatoms. The highest BCUT2D eigenvalue weighted by atomic mass is 35.5. The Morgan fingerprint density at radius 1 is 1.20 bits per heavy atom. The molecule has 0 saturated carbocycles. The van der Waals surface area contributed by atoms with Gasteiger partial charge in [-0.3, -0.25) is 4.79 Å². The first kappa shape index (κ1) is 14.7. The second-order valence-electron chi connectivity index (χ2n) is 4.04. The summed E-state index contributed by atoms with van der Waals surface area (Å²) in [5.74, 6) is 0.382. The first-order chi connectivity index (χ1) is 9.60. The first-order valence-corrected chi connectivity index (χ1v) is 6.85. The van der Waals surface area contributed by atoms with Crippen molar-refractivity contribution < 1.29 is 9.53 Å². The Labute approximate surface area is 127 Å². The monoisotopic (exact) mass is 309 g/mol. The normalized spacial score (nSPS) is 10.2. The molecule has 1 N–H and O–H groups in total. The van der Waals surface area contributed by atoms with E-state index in [1.54, 1.807) is 42.5 Å². The van der Waals surface area contributed by atoms with Crippen LogP contribution in [-0.2, 0) is 0 Å². The Hall–Kier alpha value is -1.71. The number of carbonyl (C=O) groups excluding carboxylic acids is 1. The van der Waals surface area contributed by atoms with Crippen molar-refractivity contribution >= 4 is 34.8 Å². The van der Waals surface area contributed by atoms with E-state index in [4.69, 9.17) is 27.9 Å². The largest absolute Gasteiger partial charge is 0.494 e. The smallest absolute Gasteiger partial charge is 0.255 e. The molecule has 0 atom stereocenters. The lowest BCUT2D eigenvalue weighted by atomic mass is 10.2. The predicted molar refractivity (Wildman–Crippen MR) is 82.0 cm³/mol. The molecule has 0 unspecified atom stereocenters.